The molecule has 11 heteroatoms. The Balaban J connectivity index is 1.88. The number of hydrogen-bond acceptors (Lipinski definition) is 6. The number of halogens is 2. The number of nitrogens with one attached hydrogen (secondary N) is 1. The predicted molar refractivity (Wildman–Crippen MR) is 132 cm³/mol. The van der Waals surface area contributed by atoms with Crippen molar-refractivity contribution in [2.45, 2.75) is 26.0 Å². The molecule has 1 aromatic heterocycles. The van der Waals surface area contributed by atoms with E-state index in [1.54, 1.807) is 13.0 Å². The first-order valence-electron chi connectivity index (χ1n) is 11.7. The van der Waals surface area contributed by atoms with E-state index in [4.69, 9.17) is 9.47 Å². The molecule has 1 aliphatic rings. The van der Waals surface area contributed by atoms with E-state index >= 15 is 0 Å². The molecule has 9 nitrogen and oxygen atoms in total. The molecule has 1 aliphatic heterocycles. The number of aliphatic hydroxyl groups excluding tert-OH is 1. The van der Waals surface area contributed by atoms with Crippen LogP contribution in [0.4, 0.5) is 19.3 Å². The minimum Gasteiger partial charge on any atom is -0.472 e. The number of aromatic nitrogens is 1. The first kappa shape index (κ1) is 27.8. The molecule has 0 unspecified atom stereocenters. The van der Waals surface area contributed by atoms with Gasteiger partial charge < -0.3 is 29.7 Å². The summed E-state index contributed by atoms with van der Waals surface area (Å²) in [5.74, 6) is 3.65. The average molecular weight is 517 g/mol. The second-order valence-corrected chi connectivity index (χ2v) is 8.87. The summed E-state index contributed by atoms with van der Waals surface area (Å²) in [6, 6.07) is 3.19. The number of amides is 3. The lowest BCUT2D eigenvalue weighted by atomic mass is 10.00. The summed E-state index contributed by atoms with van der Waals surface area (Å²) in [4.78, 5) is 33.3. The van der Waals surface area contributed by atoms with E-state index in [1.165, 1.54) is 30.2 Å². The molecule has 3 atom stereocenters. The smallest absolute Gasteiger partial charge is 0.321 e. The Morgan fingerprint density at radius 3 is 2.86 bits per heavy atom. The minimum atomic E-state index is -0.770. The number of methoxy groups -OCH3 is 1. The zero-order chi connectivity index (χ0) is 27.1. The molecule has 3 amide bonds. The average Bonchev–Trinajstić information content (AvgIpc) is 2.88. The highest BCUT2D eigenvalue weighted by molar-refractivity contribution is 5.97. The van der Waals surface area contributed by atoms with Crippen molar-refractivity contribution in [1.29, 1.82) is 0 Å². The Kier molecular flexibility index (Phi) is 9.38. The van der Waals surface area contributed by atoms with Gasteiger partial charge in [0.2, 0.25) is 5.88 Å². The van der Waals surface area contributed by atoms with Gasteiger partial charge in [0.25, 0.3) is 5.91 Å². The number of rotatable bonds is 6. The maximum Gasteiger partial charge on any atom is 0.321 e. The predicted octanol–water partition coefficient (Wildman–Crippen LogP) is 2.74. The lowest BCUT2D eigenvalue weighted by Gasteiger charge is -2.37. The Morgan fingerprint density at radius 1 is 1.41 bits per heavy atom. The van der Waals surface area contributed by atoms with Crippen molar-refractivity contribution < 1.29 is 33.0 Å². The van der Waals surface area contributed by atoms with Crippen LogP contribution in [0.3, 0.4) is 0 Å². The molecule has 0 fully saturated rings. The number of ether oxygens (including phenoxy) is 2. The van der Waals surface area contributed by atoms with Gasteiger partial charge in [-0.2, -0.15) is 0 Å². The zero-order valence-corrected chi connectivity index (χ0v) is 21.1. The van der Waals surface area contributed by atoms with Crippen molar-refractivity contribution in [1.82, 2.24) is 14.8 Å². The normalized spacial score (nSPS) is 17.9. The molecular weight excluding hydrogens is 486 g/mol. The molecule has 198 valence electrons. The third-order valence-electron chi connectivity index (χ3n) is 5.94. The molecule has 1 aromatic carbocycles. The Morgan fingerprint density at radius 2 is 2.16 bits per heavy atom. The van der Waals surface area contributed by atoms with Crippen LogP contribution in [0.25, 0.3) is 0 Å². The van der Waals surface area contributed by atoms with E-state index in [2.05, 4.69) is 22.1 Å². The summed E-state index contributed by atoms with van der Waals surface area (Å²) >= 11 is 0. The van der Waals surface area contributed by atoms with Crippen molar-refractivity contribution in [3.8, 4) is 17.7 Å². The lowest BCUT2D eigenvalue weighted by Crippen LogP contribution is -2.50. The van der Waals surface area contributed by atoms with E-state index in [0.29, 0.717) is 5.56 Å². The standard InChI is InChI=1S/C26H30F2N4O5/c1-16-13-32(17(2)15-33)25(34)20-10-18(6-5-9-36-4)12-29-24(20)37-23(16)14-31(3)26(35)30-22-11-19(27)7-8-21(22)28/h7-8,10-12,16-17,23,33H,9,13-15H2,1-4H3,(H,30,35)/t16-,17-,23+/m1/s1. The molecule has 3 rings (SSSR count). The number of urea groups is 1. The van der Waals surface area contributed by atoms with Crippen LogP contribution in [0.5, 0.6) is 5.88 Å². The van der Waals surface area contributed by atoms with Crippen LogP contribution in [0.1, 0.15) is 29.8 Å². The van der Waals surface area contributed by atoms with Gasteiger partial charge in [-0.1, -0.05) is 18.8 Å². The second kappa shape index (κ2) is 12.5. The fourth-order valence-electron chi connectivity index (χ4n) is 3.76. The van der Waals surface area contributed by atoms with Crippen molar-refractivity contribution >= 4 is 17.6 Å². The van der Waals surface area contributed by atoms with Gasteiger partial charge in [0.15, 0.2) is 0 Å². The quantitative estimate of drug-likeness (QED) is 0.573. The first-order valence-corrected chi connectivity index (χ1v) is 11.7. The summed E-state index contributed by atoms with van der Waals surface area (Å²) in [7, 11) is 3.01. The summed E-state index contributed by atoms with van der Waals surface area (Å²) in [5, 5.41) is 12.1. The van der Waals surface area contributed by atoms with Crippen molar-refractivity contribution in [3.05, 3.63) is 53.2 Å². The van der Waals surface area contributed by atoms with Gasteiger partial charge in [-0.05, 0) is 25.1 Å². The van der Waals surface area contributed by atoms with Crippen molar-refractivity contribution in [2.75, 3.05) is 45.8 Å². The minimum absolute atomic E-state index is 0.0516. The third-order valence-corrected chi connectivity index (χ3v) is 5.94. The molecule has 0 aliphatic carbocycles. The number of hydrogen-bond donors (Lipinski definition) is 2. The molecule has 0 spiro atoms. The highest BCUT2D eigenvalue weighted by Crippen LogP contribution is 2.27. The first-order chi connectivity index (χ1) is 17.6. The lowest BCUT2D eigenvalue weighted by molar-refractivity contribution is 0.0356. The number of pyridine rings is 1. The van der Waals surface area contributed by atoms with Crippen molar-refractivity contribution in [2.24, 2.45) is 5.92 Å². The number of aliphatic hydroxyl groups is 1. The maximum atomic E-state index is 14.0. The molecule has 0 saturated heterocycles. The van der Waals surface area contributed by atoms with E-state index in [1.807, 2.05) is 6.92 Å². The van der Waals surface area contributed by atoms with E-state index in [0.717, 1.165) is 18.2 Å². The fraction of sp³-hybridized carbons (Fsp3) is 0.423. The van der Waals surface area contributed by atoms with Gasteiger partial charge in [-0.15, -0.1) is 0 Å². The molecule has 2 N–H and O–H groups in total. The second-order valence-electron chi connectivity index (χ2n) is 8.87. The van der Waals surface area contributed by atoms with Crippen LogP contribution in [0.2, 0.25) is 0 Å². The number of benzene rings is 1. The van der Waals surface area contributed by atoms with E-state index < -0.39 is 29.8 Å². The Bertz CT molecular complexity index is 1200. The number of carbonyl (C=O) groups excluding carboxylic acids is 2. The molecule has 0 radical (unpaired) electrons. The molecular formula is C26H30F2N4O5. The molecule has 2 heterocycles. The SMILES string of the molecule is COCC#Cc1cnc2c(c1)C(=O)N([C@H](C)CO)C[C@@H](C)[C@H](CN(C)C(=O)Nc1cc(F)ccc1F)O2. The fourth-order valence-corrected chi connectivity index (χ4v) is 3.76. The van der Waals surface area contributed by atoms with Crippen LogP contribution in [-0.2, 0) is 4.74 Å². The van der Waals surface area contributed by atoms with Gasteiger partial charge in [0.1, 0.15) is 29.9 Å². The third kappa shape index (κ3) is 6.93. The number of likely N-dealkylation sites (N-methyl/N-ethyl adjacent to an activating group) is 1. The Labute approximate surface area is 214 Å². The summed E-state index contributed by atoms with van der Waals surface area (Å²) in [5.41, 5.74) is 0.379. The van der Waals surface area contributed by atoms with E-state index in [-0.39, 0.29) is 55.3 Å². The van der Waals surface area contributed by atoms with Crippen LogP contribution < -0.4 is 10.1 Å². The monoisotopic (exact) mass is 516 g/mol. The van der Waals surface area contributed by atoms with Gasteiger partial charge in [0.05, 0.1) is 24.9 Å². The van der Waals surface area contributed by atoms with Crippen LogP contribution >= 0.6 is 0 Å². The van der Waals surface area contributed by atoms with Gasteiger partial charge in [-0.25, -0.2) is 18.6 Å². The summed E-state index contributed by atoms with van der Waals surface area (Å²) in [6.07, 6.45) is 0.854. The molecule has 0 bridgehead atoms. The highest BCUT2D eigenvalue weighted by atomic mass is 19.1. The number of carbonyl (C=O) groups is 2. The molecule has 37 heavy (non-hydrogen) atoms. The highest BCUT2D eigenvalue weighted by Gasteiger charge is 2.34. The van der Waals surface area contributed by atoms with Crippen LogP contribution in [0, 0.1) is 29.4 Å². The van der Waals surface area contributed by atoms with Crippen LogP contribution in [-0.4, -0.2) is 84.4 Å². The van der Waals surface area contributed by atoms with Gasteiger partial charge in [-0.3, -0.25) is 4.79 Å². The zero-order valence-electron chi connectivity index (χ0n) is 21.1. The van der Waals surface area contributed by atoms with Crippen molar-refractivity contribution in [3.63, 3.8) is 0 Å². The maximum absolute atomic E-state index is 14.0. The van der Waals surface area contributed by atoms with Gasteiger partial charge >= 0.3 is 6.03 Å². The number of nitrogens with zero attached hydrogens (tertiary/aromatic N) is 3. The topological polar surface area (TPSA) is 104 Å². The van der Waals surface area contributed by atoms with E-state index in [9.17, 15) is 23.5 Å². The molecule has 0 saturated carbocycles. The number of fused-ring (bicyclic) bond motifs is 1. The summed E-state index contributed by atoms with van der Waals surface area (Å²) in [6.45, 7) is 3.83. The summed E-state index contributed by atoms with van der Waals surface area (Å²) < 4.78 is 38.5. The largest absolute Gasteiger partial charge is 0.472 e. The van der Waals surface area contributed by atoms with Gasteiger partial charge in [0, 0.05) is 44.4 Å². The van der Waals surface area contributed by atoms with Crippen LogP contribution in [0.15, 0.2) is 30.5 Å². The Hall–Kier alpha value is -3.75. The molecule has 2 aromatic rings. The number of anilines is 1.